The number of aryl methyl sites for hydroxylation is 1. The van der Waals surface area contributed by atoms with Gasteiger partial charge in [-0.25, -0.2) is 0 Å². The molecular weight excluding hydrogens is 244 g/mol. The molecule has 2 rings (SSSR count). The fourth-order valence-electron chi connectivity index (χ4n) is 1.40. The summed E-state index contributed by atoms with van der Waals surface area (Å²) in [6, 6.07) is 3.95. The molecule has 0 aliphatic rings. The molecule has 0 bridgehead atoms. The molecule has 2 aromatic rings. The molecule has 0 spiro atoms. The fraction of sp³-hybridized carbons (Fsp3) is 0.300. The Morgan fingerprint density at radius 3 is 2.93 bits per heavy atom. The zero-order valence-electron chi connectivity index (χ0n) is 8.12. The van der Waals surface area contributed by atoms with Crippen molar-refractivity contribution >= 4 is 26.8 Å². The van der Waals surface area contributed by atoms with Crippen LogP contribution in [0.4, 0.5) is 0 Å². The van der Waals surface area contributed by atoms with Crippen molar-refractivity contribution in [2.45, 2.75) is 13.5 Å². The van der Waals surface area contributed by atoms with Crippen molar-refractivity contribution < 1.29 is 4.74 Å². The van der Waals surface area contributed by atoms with Gasteiger partial charge in [-0.15, -0.1) is 0 Å². The molecule has 0 N–H and O–H groups in total. The molecule has 0 unspecified atom stereocenters. The SMILES string of the molecule is CCn1cc2ccc(OC)c(Br)c2n1. The van der Waals surface area contributed by atoms with E-state index < -0.39 is 0 Å². The summed E-state index contributed by atoms with van der Waals surface area (Å²) in [5.41, 5.74) is 0.950. The van der Waals surface area contributed by atoms with E-state index in [1.54, 1.807) is 7.11 Å². The summed E-state index contributed by atoms with van der Waals surface area (Å²) in [6.07, 6.45) is 2.03. The Balaban J connectivity index is 2.68. The zero-order chi connectivity index (χ0) is 10.1. The van der Waals surface area contributed by atoms with Gasteiger partial charge in [-0.05, 0) is 35.0 Å². The highest BCUT2D eigenvalue weighted by atomic mass is 79.9. The molecule has 0 saturated carbocycles. The topological polar surface area (TPSA) is 27.1 Å². The van der Waals surface area contributed by atoms with Crippen molar-refractivity contribution in [1.29, 1.82) is 0 Å². The summed E-state index contributed by atoms with van der Waals surface area (Å²) < 4.78 is 8.03. The maximum absolute atomic E-state index is 5.20. The minimum atomic E-state index is 0.818. The van der Waals surface area contributed by atoms with E-state index >= 15 is 0 Å². The van der Waals surface area contributed by atoms with Crippen LogP contribution in [0.1, 0.15) is 6.92 Å². The van der Waals surface area contributed by atoms with Crippen molar-refractivity contribution in [3.05, 3.63) is 22.8 Å². The van der Waals surface area contributed by atoms with Gasteiger partial charge in [-0.2, -0.15) is 5.10 Å². The van der Waals surface area contributed by atoms with Crippen molar-refractivity contribution in [2.24, 2.45) is 0 Å². The Kier molecular flexibility index (Phi) is 2.46. The standard InChI is InChI=1S/C10H11BrN2O/c1-3-13-6-7-4-5-8(14-2)9(11)10(7)12-13/h4-6H,3H2,1-2H3. The predicted molar refractivity (Wildman–Crippen MR) is 59.7 cm³/mol. The highest BCUT2D eigenvalue weighted by molar-refractivity contribution is 9.10. The van der Waals surface area contributed by atoms with Gasteiger partial charge in [0.1, 0.15) is 11.3 Å². The molecule has 1 aromatic heterocycles. The highest BCUT2D eigenvalue weighted by Crippen LogP contribution is 2.31. The Labute approximate surface area is 90.8 Å². The summed E-state index contributed by atoms with van der Waals surface area (Å²) in [5.74, 6) is 0.818. The molecule has 0 radical (unpaired) electrons. The van der Waals surface area contributed by atoms with Gasteiger partial charge in [0.15, 0.2) is 0 Å². The van der Waals surface area contributed by atoms with Crippen LogP contribution in [0, 0.1) is 0 Å². The van der Waals surface area contributed by atoms with Crippen LogP contribution in [0.3, 0.4) is 0 Å². The van der Waals surface area contributed by atoms with Crippen LogP contribution in [0.2, 0.25) is 0 Å². The third kappa shape index (κ3) is 1.39. The Morgan fingerprint density at radius 2 is 2.29 bits per heavy atom. The van der Waals surface area contributed by atoms with Crippen molar-refractivity contribution in [3.8, 4) is 5.75 Å². The number of hydrogen-bond acceptors (Lipinski definition) is 2. The second-order valence-electron chi connectivity index (χ2n) is 3.00. The smallest absolute Gasteiger partial charge is 0.135 e. The molecular formula is C10H11BrN2O. The fourth-order valence-corrected chi connectivity index (χ4v) is 2.01. The molecule has 1 aromatic carbocycles. The third-order valence-corrected chi connectivity index (χ3v) is 2.94. The van der Waals surface area contributed by atoms with E-state index in [0.717, 1.165) is 27.7 Å². The van der Waals surface area contributed by atoms with Gasteiger partial charge < -0.3 is 4.74 Å². The number of rotatable bonds is 2. The number of nitrogens with zero attached hydrogens (tertiary/aromatic N) is 2. The third-order valence-electron chi connectivity index (χ3n) is 2.17. The highest BCUT2D eigenvalue weighted by Gasteiger charge is 2.08. The van der Waals surface area contributed by atoms with Crippen LogP contribution in [0.5, 0.6) is 5.75 Å². The van der Waals surface area contributed by atoms with Crippen LogP contribution in [-0.2, 0) is 6.54 Å². The lowest BCUT2D eigenvalue weighted by Gasteiger charge is -2.01. The molecule has 0 aliphatic heterocycles. The first kappa shape index (κ1) is 9.52. The van der Waals surface area contributed by atoms with E-state index in [1.165, 1.54) is 0 Å². The molecule has 74 valence electrons. The zero-order valence-corrected chi connectivity index (χ0v) is 9.71. The number of methoxy groups -OCH3 is 1. The van der Waals surface area contributed by atoms with Gasteiger partial charge in [0, 0.05) is 18.1 Å². The first-order valence-corrected chi connectivity index (χ1v) is 5.25. The first-order valence-electron chi connectivity index (χ1n) is 4.46. The van der Waals surface area contributed by atoms with Gasteiger partial charge in [0.05, 0.1) is 11.6 Å². The number of fused-ring (bicyclic) bond motifs is 1. The van der Waals surface area contributed by atoms with Gasteiger partial charge in [-0.1, -0.05) is 0 Å². The molecule has 4 heteroatoms. The minimum absolute atomic E-state index is 0.818. The minimum Gasteiger partial charge on any atom is -0.495 e. The largest absolute Gasteiger partial charge is 0.495 e. The van der Waals surface area contributed by atoms with Gasteiger partial charge in [0.2, 0.25) is 0 Å². The van der Waals surface area contributed by atoms with Gasteiger partial charge in [-0.3, -0.25) is 4.68 Å². The monoisotopic (exact) mass is 254 g/mol. The lowest BCUT2D eigenvalue weighted by Crippen LogP contribution is -1.92. The predicted octanol–water partition coefficient (Wildman–Crippen LogP) is 2.83. The van der Waals surface area contributed by atoms with Crippen molar-refractivity contribution in [3.63, 3.8) is 0 Å². The number of ether oxygens (including phenoxy) is 1. The summed E-state index contributed by atoms with van der Waals surface area (Å²) in [6.45, 7) is 2.94. The summed E-state index contributed by atoms with van der Waals surface area (Å²) in [5, 5.41) is 5.55. The normalized spacial score (nSPS) is 10.8. The van der Waals surface area contributed by atoms with Crippen LogP contribution >= 0.6 is 15.9 Å². The summed E-state index contributed by atoms with van der Waals surface area (Å²) in [7, 11) is 1.66. The maximum atomic E-state index is 5.20. The van der Waals surface area contributed by atoms with E-state index in [4.69, 9.17) is 4.74 Å². The lowest BCUT2D eigenvalue weighted by atomic mass is 10.2. The lowest BCUT2D eigenvalue weighted by molar-refractivity contribution is 0.413. The van der Waals surface area contributed by atoms with Crippen LogP contribution in [0.25, 0.3) is 10.9 Å². The van der Waals surface area contributed by atoms with Crippen LogP contribution in [-0.4, -0.2) is 16.9 Å². The molecule has 0 aliphatic carbocycles. The van der Waals surface area contributed by atoms with E-state index in [1.807, 2.05) is 23.0 Å². The Bertz CT molecular complexity index is 464. The van der Waals surface area contributed by atoms with E-state index in [2.05, 4.69) is 28.0 Å². The van der Waals surface area contributed by atoms with Crippen molar-refractivity contribution in [1.82, 2.24) is 9.78 Å². The summed E-state index contributed by atoms with van der Waals surface area (Å²) in [4.78, 5) is 0. The molecule has 1 heterocycles. The van der Waals surface area contributed by atoms with Crippen LogP contribution < -0.4 is 4.74 Å². The van der Waals surface area contributed by atoms with Gasteiger partial charge in [0.25, 0.3) is 0 Å². The molecule has 0 amide bonds. The summed E-state index contributed by atoms with van der Waals surface area (Å²) >= 11 is 3.48. The number of benzene rings is 1. The molecule has 14 heavy (non-hydrogen) atoms. The molecule has 0 saturated heterocycles. The second-order valence-corrected chi connectivity index (χ2v) is 3.80. The Hall–Kier alpha value is -1.03. The van der Waals surface area contributed by atoms with Crippen molar-refractivity contribution in [2.75, 3.05) is 7.11 Å². The first-order chi connectivity index (χ1) is 6.76. The van der Waals surface area contributed by atoms with E-state index in [-0.39, 0.29) is 0 Å². The average molecular weight is 255 g/mol. The number of halogens is 1. The average Bonchev–Trinajstić information content (AvgIpc) is 2.62. The molecule has 0 atom stereocenters. The number of hydrogen-bond donors (Lipinski definition) is 0. The second kappa shape index (κ2) is 3.61. The van der Waals surface area contributed by atoms with E-state index in [0.29, 0.717) is 0 Å². The number of aromatic nitrogens is 2. The Morgan fingerprint density at radius 1 is 1.50 bits per heavy atom. The van der Waals surface area contributed by atoms with Crippen LogP contribution in [0.15, 0.2) is 22.8 Å². The molecule has 0 fully saturated rings. The molecule has 3 nitrogen and oxygen atoms in total. The van der Waals surface area contributed by atoms with Gasteiger partial charge >= 0.3 is 0 Å². The quantitative estimate of drug-likeness (QED) is 0.825. The maximum Gasteiger partial charge on any atom is 0.135 e. The van der Waals surface area contributed by atoms with E-state index in [9.17, 15) is 0 Å².